The summed E-state index contributed by atoms with van der Waals surface area (Å²) in [6.07, 6.45) is 1.46. The van der Waals surface area contributed by atoms with Crippen LogP contribution >= 0.6 is 35.6 Å². The third-order valence-corrected chi connectivity index (χ3v) is 4.37. The van der Waals surface area contributed by atoms with Crippen LogP contribution in [0.4, 0.5) is 4.39 Å². The summed E-state index contributed by atoms with van der Waals surface area (Å²) in [5.74, 6) is -0.676. The van der Waals surface area contributed by atoms with Crippen LogP contribution in [0.3, 0.4) is 0 Å². The Bertz CT molecular complexity index is 602. The standard InChI is InChI=1S/C14H13ClFNOS2/c1-14(2,3)17-12(18)11(20-13(17)19)7-8-9(15)5-4-6-10(8)16/h4-7H,1-3H3/b11-7+. The highest BCUT2D eigenvalue weighted by Gasteiger charge is 2.39. The summed E-state index contributed by atoms with van der Waals surface area (Å²) in [5.41, 5.74) is -0.195. The van der Waals surface area contributed by atoms with E-state index in [4.69, 9.17) is 23.8 Å². The molecule has 1 amide bonds. The minimum Gasteiger partial charge on any atom is -0.288 e. The first-order chi connectivity index (χ1) is 9.21. The molecule has 0 saturated carbocycles. The van der Waals surface area contributed by atoms with Crippen LogP contribution in [0, 0.1) is 5.82 Å². The largest absolute Gasteiger partial charge is 0.288 e. The second-order valence-corrected chi connectivity index (χ2v) is 7.41. The highest BCUT2D eigenvalue weighted by atomic mass is 35.5. The van der Waals surface area contributed by atoms with Gasteiger partial charge in [-0.25, -0.2) is 4.39 Å². The highest BCUT2D eigenvalue weighted by molar-refractivity contribution is 8.26. The number of amides is 1. The van der Waals surface area contributed by atoms with E-state index >= 15 is 0 Å². The van der Waals surface area contributed by atoms with Crippen molar-refractivity contribution >= 4 is 51.9 Å². The second kappa shape index (κ2) is 5.47. The summed E-state index contributed by atoms with van der Waals surface area (Å²) in [6.45, 7) is 5.70. The fraction of sp³-hybridized carbons (Fsp3) is 0.286. The minimum atomic E-state index is -0.460. The zero-order chi connectivity index (χ0) is 15.1. The average Bonchev–Trinajstić information content (AvgIpc) is 2.58. The zero-order valence-corrected chi connectivity index (χ0v) is 13.6. The van der Waals surface area contributed by atoms with E-state index in [9.17, 15) is 9.18 Å². The molecule has 0 aliphatic carbocycles. The van der Waals surface area contributed by atoms with Gasteiger partial charge in [-0.15, -0.1) is 0 Å². The number of rotatable bonds is 1. The molecule has 1 saturated heterocycles. The van der Waals surface area contributed by atoms with Gasteiger partial charge in [-0.2, -0.15) is 0 Å². The molecule has 0 bridgehead atoms. The number of halogens is 2. The van der Waals surface area contributed by atoms with Crippen LogP contribution in [0.2, 0.25) is 5.02 Å². The number of nitrogens with zero attached hydrogens (tertiary/aromatic N) is 1. The lowest BCUT2D eigenvalue weighted by atomic mass is 10.1. The Morgan fingerprint density at radius 2 is 2.05 bits per heavy atom. The number of thiocarbonyl (C=S) groups is 1. The summed E-state index contributed by atoms with van der Waals surface area (Å²) < 4.78 is 14.2. The van der Waals surface area contributed by atoms with E-state index in [1.54, 1.807) is 6.07 Å². The van der Waals surface area contributed by atoms with Crippen molar-refractivity contribution in [3.63, 3.8) is 0 Å². The second-order valence-electron chi connectivity index (χ2n) is 5.32. The molecule has 0 N–H and O–H groups in total. The Hall–Kier alpha value is -0.910. The lowest BCUT2D eigenvalue weighted by Crippen LogP contribution is -2.44. The molecule has 0 spiro atoms. The van der Waals surface area contributed by atoms with Crippen LogP contribution in [0.25, 0.3) is 6.08 Å². The zero-order valence-electron chi connectivity index (χ0n) is 11.2. The van der Waals surface area contributed by atoms with Gasteiger partial charge in [-0.3, -0.25) is 9.69 Å². The number of hydrogen-bond acceptors (Lipinski definition) is 3. The fourth-order valence-electron chi connectivity index (χ4n) is 1.83. The first-order valence-electron chi connectivity index (χ1n) is 5.94. The van der Waals surface area contributed by atoms with Crippen molar-refractivity contribution in [1.29, 1.82) is 0 Å². The number of thioether (sulfide) groups is 1. The van der Waals surface area contributed by atoms with Crippen molar-refractivity contribution in [1.82, 2.24) is 4.90 Å². The molecule has 1 heterocycles. The van der Waals surface area contributed by atoms with Crippen LogP contribution in [0.1, 0.15) is 26.3 Å². The maximum absolute atomic E-state index is 13.8. The molecule has 6 heteroatoms. The molecule has 2 rings (SSSR count). The molecule has 1 aromatic carbocycles. The predicted molar refractivity (Wildman–Crippen MR) is 86.2 cm³/mol. The molecule has 1 fully saturated rings. The molecule has 20 heavy (non-hydrogen) atoms. The Labute approximate surface area is 132 Å². The third-order valence-electron chi connectivity index (χ3n) is 2.74. The summed E-state index contributed by atoms with van der Waals surface area (Å²) in [5, 5.41) is 0.269. The topological polar surface area (TPSA) is 20.3 Å². The minimum absolute atomic E-state index is 0.212. The van der Waals surface area contributed by atoms with Gasteiger partial charge >= 0.3 is 0 Å². The van der Waals surface area contributed by atoms with E-state index in [1.165, 1.54) is 23.1 Å². The van der Waals surface area contributed by atoms with Crippen LogP contribution < -0.4 is 0 Å². The summed E-state index contributed by atoms with van der Waals surface area (Å²) in [7, 11) is 0. The van der Waals surface area contributed by atoms with Crippen molar-refractivity contribution in [2.24, 2.45) is 0 Å². The first-order valence-corrected chi connectivity index (χ1v) is 7.54. The fourth-order valence-corrected chi connectivity index (χ4v) is 3.66. The van der Waals surface area contributed by atoms with Crippen LogP contribution in [0.15, 0.2) is 23.1 Å². The van der Waals surface area contributed by atoms with Gasteiger partial charge in [-0.05, 0) is 39.0 Å². The molecule has 1 aromatic rings. The van der Waals surface area contributed by atoms with Gasteiger partial charge in [0.25, 0.3) is 5.91 Å². The lowest BCUT2D eigenvalue weighted by molar-refractivity contribution is -0.125. The maximum atomic E-state index is 13.8. The van der Waals surface area contributed by atoms with E-state index in [1.807, 2.05) is 20.8 Å². The Balaban J connectivity index is 2.43. The van der Waals surface area contributed by atoms with E-state index in [0.29, 0.717) is 9.23 Å². The van der Waals surface area contributed by atoms with Gasteiger partial charge in [0.1, 0.15) is 10.1 Å². The van der Waals surface area contributed by atoms with E-state index in [-0.39, 0.29) is 16.5 Å². The third kappa shape index (κ3) is 2.90. The Morgan fingerprint density at radius 3 is 2.55 bits per heavy atom. The predicted octanol–water partition coefficient (Wildman–Crippen LogP) is 4.48. The molecule has 0 unspecified atom stereocenters. The number of hydrogen-bond donors (Lipinski definition) is 0. The molecular weight excluding hydrogens is 317 g/mol. The molecule has 0 aromatic heterocycles. The van der Waals surface area contributed by atoms with Gasteiger partial charge in [0.05, 0.1) is 9.93 Å². The average molecular weight is 330 g/mol. The van der Waals surface area contributed by atoms with Crippen molar-refractivity contribution in [2.75, 3.05) is 0 Å². The number of benzene rings is 1. The van der Waals surface area contributed by atoms with Crippen molar-refractivity contribution in [3.05, 3.63) is 39.5 Å². The maximum Gasteiger partial charge on any atom is 0.266 e. The summed E-state index contributed by atoms with van der Waals surface area (Å²) >= 11 is 12.4. The molecule has 2 nitrogen and oxygen atoms in total. The van der Waals surface area contributed by atoms with Crippen molar-refractivity contribution in [2.45, 2.75) is 26.3 Å². The van der Waals surface area contributed by atoms with Gasteiger partial charge in [0.2, 0.25) is 0 Å². The van der Waals surface area contributed by atoms with Crippen molar-refractivity contribution < 1.29 is 9.18 Å². The quantitative estimate of drug-likeness (QED) is 0.559. The normalized spacial score (nSPS) is 18.2. The van der Waals surface area contributed by atoms with Crippen LogP contribution in [-0.4, -0.2) is 20.7 Å². The van der Waals surface area contributed by atoms with E-state index in [2.05, 4.69) is 0 Å². The summed E-state index contributed by atoms with van der Waals surface area (Å²) in [6, 6.07) is 4.42. The SMILES string of the molecule is CC(C)(C)N1C(=O)/C(=C\c2c(F)cccc2Cl)SC1=S. The van der Waals surface area contributed by atoms with Crippen LogP contribution in [-0.2, 0) is 4.79 Å². The molecule has 1 aliphatic heterocycles. The molecule has 1 aliphatic rings. The number of carbonyl (C=O) groups is 1. The molecule has 0 radical (unpaired) electrons. The number of carbonyl (C=O) groups excluding carboxylic acids is 1. The summed E-state index contributed by atoms with van der Waals surface area (Å²) in [4.78, 5) is 14.3. The Kier molecular flexibility index (Phi) is 4.23. The molecule has 0 atom stereocenters. The van der Waals surface area contributed by atoms with E-state index < -0.39 is 11.4 Å². The van der Waals surface area contributed by atoms with Crippen molar-refractivity contribution in [3.8, 4) is 0 Å². The van der Waals surface area contributed by atoms with Gasteiger partial charge in [-0.1, -0.05) is 41.6 Å². The Morgan fingerprint density at radius 1 is 1.40 bits per heavy atom. The van der Waals surface area contributed by atoms with E-state index in [0.717, 1.165) is 11.8 Å². The molecular formula is C14H13ClFNOS2. The van der Waals surface area contributed by atoms with Gasteiger partial charge in [0.15, 0.2) is 0 Å². The lowest BCUT2D eigenvalue weighted by Gasteiger charge is -2.30. The van der Waals surface area contributed by atoms with Crippen LogP contribution in [0.5, 0.6) is 0 Å². The smallest absolute Gasteiger partial charge is 0.266 e. The highest BCUT2D eigenvalue weighted by Crippen LogP contribution is 2.37. The van der Waals surface area contributed by atoms with Gasteiger partial charge in [0, 0.05) is 11.1 Å². The first kappa shape index (κ1) is 15.5. The monoisotopic (exact) mass is 329 g/mol. The van der Waals surface area contributed by atoms with Gasteiger partial charge < -0.3 is 0 Å². The molecule has 106 valence electrons.